The van der Waals surface area contributed by atoms with E-state index in [-0.39, 0.29) is 17.7 Å². The number of aromatic nitrogens is 1. The zero-order valence-electron chi connectivity index (χ0n) is 19.0. The molecule has 6 nitrogen and oxygen atoms in total. The highest BCUT2D eigenvalue weighted by Crippen LogP contribution is 2.23. The Hall–Kier alpha value is -2.75. The number of benzene rings is 1. The van der Waals surface area contributed by atoms with Crippen LogP contribution in [0, 0.1) is 17.2 Å². The smallest absolute Gasteiger partial charge is 0.151 e. The van der Waals surface area contributed by atoms with Crippen molar-refractivity contribution in [3.8, 4) is 17.2 Å². The van der Waals surface area contributed by atoms with Gasteiger partial charge in [0, 0.05) is 44.4 Å². The zero-order chi connectivity index (χ0) is 22.3. The Morgan fingerprint density at radius 2 is 1.88 bits per heavy atom. The number of rotatable bonds is 7. The van der Waals surface area contributed by atoms with Crippen molar-refractivity contribution >= 4 is 11.6 Å². The number of pyridine rings is 1. The van der Waals surface area contributed by atoms with E-state index in [4.69, 9.17) is 0 Å². The Labute approximate surface area is 191 Å². The molecule has 0 bridgehead atoms. The second-order valence-corrected chi connectivity index (χ2v) is 9.10. The number of anilines is 1. The molecule has 2 fully saturated rings. The van der Waals surface area contributed by atoms with Crippen molar-refractivity contribution in [1.82, 2.24) is 15.2 Å². The maximum absolute atomic E-state index is 12.5. The molecule has 0 spiro atoms. The summed E-state index contributed by atoms with van der Waals surface area (Å²) in [6.45, 7) is 5.06. The van der Waals surface area contributed by atoms with E-state index in [0.29, 0.717) is 12.8 Å². The average molecular weight is 432 g/mol. The highest BCUT2D eigenvalue weighted by atomic mass is 16.1. The molecule has 6 heteroatoms. The molecular weight excluding hydrogens is 398 g/mol. The van der Waals surface area contributed by atoms with Gasteiger partial charge in [-0.15, -0.1) is 0 Å². The molecule has 32 heavy (non-hydrogen) atoms. The van der Waals surface area contributed by atoms with Crippen LogP contribution in [0.15, 0.2) is 42.6 Å². The first-order valence-electron chi connectivity index (χ1n) is 11.8. The SMILES string of the molecule is CN1CCN(c2ccc(-c3ccc(C[C@@H](C#N)CC(=O)[C@@H]4CCCCN4)cc3)cn2)CC1. The van der Waals surface area contributed by atoms with Gasteiger partial charge in [-0.2, -0.15) is 5.26 Å². The first-order chi connectivity index (χ1) is 15.6. The fourth-order valence-electron chi connectivity index (χ4n) is 4.57. The lowest BCUT2D eigenvalue weighted by atomic mass is 9.90. The molecular formula is C26H33N5O. The number of ketones is 1. The van der Waals surface area contributed by atoms with Gasteiger partial charge in [-0.1, -0.05) is 30.7 Å². The minimum atomic E-state index is -0.276. The van der Waals surface area contributed by atoms with Gasteiger partial charge in [0.15, 0.2) is 5.78 Å². The third-order valence-electron chi connectivity index (χ3n) is 6.67. The Morgan fingerprint density at radius 3 is 2.50 bits per heavy atom. The van der Waals surface area contributed by atoms with Crippen LogP contribution < -0.4 is 10.2 Å². The maximum Gasteiger partial charge on any atom is 0.151 e. The molecule has 4 rings (SSSR count). The molecule has 1 aromatic carbocycles. The van der Waals surface area contributed by atoms with Gasteiger partial charge in [0.1, 0.15) is 5.82 Å². The maximum atomic E-state index is 12.5. The van der Waals surface area contributed by atoms with Crippen LogP contribution in [0.5, 0.6) is 0 Å². The van der Waals surface area contributed by atoms with Crippen LogP contribution in [0.25, 0.3) is 11.1 Å². The van der Waals surface area contributed by atoms with Gasteiger partial charge in [-0.3, -0.25) is 4.79 Å². The molecule has 1 N–H and O–H groups in total. The Morgan fingerprint density at radius 1 is 1.12 bits per heavy atom. The van der Waals surface area contributed by atoms with Crippen LogP contribution in [-0.2, 0) is 11.2 Å². The average Bonchev–Trinajstić information content (AvgIpc) is 2.85. The number of piperazine rings is 1. The summed E-state index contributed by atoms with van der Waals surface area (Å²) in [6, 6.07) is 14.8. The van der Waals surface area contributed by atoms with Gasteiger partial charge in [-0.25, -0.2) is 4.98 Å². The van der Waals surface area contributed by atoms with Crippen LogP contribution in [0.4, 0.5) is 5.82 Å². The molecule has 0 aliphatic carbocycles. The van der Waals surface area contributed by atoms with Crippen LogP contribution in [-0.4, -0.2) is 61.5 Å². The molecule has 2 aliphatic rings. The molecule has 3 heterocycles. The summed E-state index contributed by atoms with van der Waals surface area (Å²) in [5.41, 5.74) is 3.29. The van der Waals surface area contributed by atoms with Crippen molar-refractivity contribution in [2.45, 2.75) is 38.1 Å². The number of carbonyl (C=O) groups is 1. The Bertz CT molecular complexity index is 920. The van der Waals surface area contributed by atoms with Crippen molar-refractivity contribution in [1.29, 1.82) is 5.26 Å². The largest absolute Gasteiger partial charge is 0.354 e. The lowest BCUT2D eigenvalue weighted by Gasteiger charge is -2.33. The van der Waals surface area contributed by atoms with Crippen molar-refractivity contribution in [2.75, 3.05) is 44.7 Å². The summed E-state index contributed by atoms with van der Waals surface area (Å²) in [4.78, 5) is 21.9. The number of hydrogen-bond donors (Lipinski definition) is 1. The second-order valence-electron chi connectivity index (χ2n) is 9.10. The predicted molar refractivity (Wildman–Crippen MR) is 127 cm³/mol. The van der Waals surface area contributed by atoms with E-state index in [9.17, 15) is 10.1 Å². The molecule has 168 valence electrons. The van der Waals surface area contributed by atoms with Crippen LogP contribution in [0.2, 0.25) is 0 Å². The normalized spacial score (nSPS) is 20.5. The first-order valence-corrected chi connectivity index (χ1v) is 11.8. The fraction of sp³-hybridized carbons (Fsp3) is 0.500. The summed E-state index contributed by atoms with van der Waals surface area (Å²) < 4.78 is 0. The molecule has 0 amide bonds. The van der Waals surface area contributed by atoms with Crippen LogP contribution in [0.1, 0.15) is 31.2 Å². The van der Waals surface area contributed by atoms with Gasteiger partial charge in [0.2, 0.25) is 0 Å². The predicted octanol–water partition coefficient (Wildman–Crippen LogP) is 3.28. The molecule has 0 saturated carbocycles. The van der Waals surface area contributed by atoms with Gasteiger partial charge < -0.3 is 15.1 Å². The van der Waals surface area contributed by atoms with Crippen molar-refractivity contribution in [3.63, 3.8) is 0 Å². The van der Waals surface area contributed by atoms with Crippen molar-refractivity contribution in [2.24, 2.45) is 5.92 Å². The number of hydrogen-bond acceptors (Lipinski definition) is 6. The van der Waals surface area contributed by atoms with Crippen molar-refractivity contribution < 1.29 is 4.79 Å². The quantitative estimate of drug-likeness (QED) is 0.725. The van der Waals surface area contributed by atoms with Gasteiger partial charge >= 0.3 is 0 Å². The Kier molecular flexibility index (Phi) is 7.51. The van der Waals surface area contributed by atoms with Crippen LogP contribution in [0.3, 0.4) is 0 Å². The summed E-state index contributed by atoms with van der Waals surface area (Å²) >= 11 is 0. The molecule has 2 aliphatic heterocycles. The van der Waals surface area contributed by atoms with Gasteiger partial charge in [0.05, 0.1) is 18.0 Å². The van der Waals surface area contributed by atoms with E-state index in [1.807, 2.05) is 6.20 Å². The summed E-state index contributed by atoms with van der Waals surface area (Å²) in [6.07, 6.45) is 5.99. The van der Waals surface area contributed by atoms with E-state index < -0.39 is 0 Å². The summed E-state index contributed by atoms with van der Waals surface area (Å²) in [5, 5.41) is 12.9. The molecule has 1 aromatic heterocycles. The topological polar surface area (TPSA) is 72.3 Å². The molecule has 0 unspecified atom stereocenters. The Balaban J connectivity index is 1.34. The number of Topliss-reactive ketones (excluding diaryl/α,β-unsaturated/α-hetero) is 1. The van der Waals surface area contributed by atoms with Crippen LogP contribution >= 0.6 is 0 Å². The highest BCUT2D eigenvalue weighted by Gasteiger charge is 2.23. The first kappa shape index (κ1) is 22.4. The highest BCUT2D eigenvalue weighted by molar-refractivity contribution is 5.84. The van der Waals surface area contributed by atoms with E-state index in [1.165, 1.54) is 0 Å². The summed E-state index contributed by atoms with van der Waals surface area (Å²) in [5.74, 6) is 0.938. The number of carbonyl (C=O) groups excluding carboxylic acids is 1. The molecule has 2 atom stereocenters. The van der Waals surface area contributed by atoms with Crippen molar-refractivity contribution in [3.05, 3.63) is 48.2 Å². The number of likely N-dealkylation sites (N-methyl/N-ethyl adjacent to an activating group) is 1. The third-order valence-corrected chi connectivity index (χ3v) is 6.67. The fourth-order valence-corrected chi connectivity index (χ4v) is 4.57. The minimum absolute atomic E-state index is 0.0664. The van der Waals surface area contributed by atoms with E-state index >= 15 is 0 Å². The number of nitriles is 1. The van der Waals surface area contributed by atoms with E-state index in [1.54, 1.807) is 0 Å². The minimum Gasteiger partial charge on any atom is -0.354 e. The molecule has 2 saturated heterocycles. The number of nitrogens with one attached hydrogen (secondary N) is 1. The van der Waals surface area contributed by atoms with E-state index in [0.717, 1.165) is 74.5 Å². The van der Waals surface area contributed by atoms with E-state index in [2.05, 4.69) is 69.6 Å². The van der Waals surface area contributed by atoms with Gasteiger partial charge in [0.25, 0.3) is 0 Å². The number of piperidine rings is 1. The monoisotopic (exact) mass is 431 g/mol. The second kappa shape index (κ2) is 10.7. The summed E-state index contributed by atoms with van der Waals surface area (Å²) in [7, 11) is 2.15. The lowest BCUT2D eigenvalue weighted by molar-refractivity contribution is -0.122. The van der Waals surface area contributed by atoms with Gasteiger partial charge in [-0.05, 0) is 56.1 Å². The zero-order valence-corrected chi connectivity index (χ0v) is 19.0. The number of nitrogens with zero attached hydrogens (tertiary/aromatic N) is 4. The standard InChI is InChI=1S/C26H33N5O/c1-30-12-14-31(15-13-30)26-10-9-23(19-29-26)22-7-5-20(6-8-22)16-21(18-27)17-25(32)24-4-2-3-11-28-24/h5-10,19,21,24,28H,2-4,11-17H2,1H3/t21-,24+/m1/s1. The lowest BCUT2D eigenvalue weighted by Crippen LogP contribution is -2.44. The molecule has 0 radical (unpaired) electrons. The molecule has 2 aromatic rings. The third kappa shape index (κ3) is 5.73.